The lowest BCUT2D eigenvalue weighted by Gasteiger charge is -2.35. The number of hydrogen-bond acceptors (Lipinski definition) is 3. The largest absolute Gasteiger partial charge is 0.344 e. The Balaban J connectivity index is 2.50. The number of rotatable bonds is 4. The zero-order valence-corrected chi connectivity index (χ0v) is 11.6. The first-order valence-corrected chi connectivity index (χ1v) is 6.58. The lowest BCUT2D eigenvalue weighted by atomic mass is 9.77. The van der Waals surface area contributed by atoms with Crippen molar-refractivity contribution < 1.29 is 4.79 Å². The maximum atomic E-state index is 12.3. The molecule has 1 aliphatic rings. The first-order valence-electron chi connectivity index (χ1n) is 6.58. The fraction of sp³-hybridized carbons (Fsp3) is 0.923. The molecule has 0 aromatic carbocycles. The minimum Gasteiger partial charge on any atom is -0.344 e. The van der Waals surface area contributed by atoms with Crippen molar-refractivity contribution in [2.75, 3.05) is 34.2 Å². The number of carbonyl (C=O) groups excluding carboxylic acids is 1. The lowest BCUT2D eigenvalue weighted by Crippen LogP contribution is -2.48. The third-order valence-electron chi connectivity index (χ3n) is 3.87. The number of nitrogens with zero attached hydrogens (tertiary/aromatic N) is 2. The molecule has 0 radical (unpaired) electrons. The van der Waals surface area contributed by atoms with E-state index in [4.69, 9.17) is 5.73 Å². The molecular formula is C13H27N3O. The van der Waals surface area contributed by atoms with Crippen molar-refractivity contribution in [2.24, 2.45) is 17.6 Å². The van der Waals surface area contributed by atoms with Crippen LogP contribution in [0.5, 0.6) is 0 Å². The van der Waals surface area contributed by atoms with Crippen LogP contribution in [-0.4, -0.2) is 56.0 Å². The molecule has 1 fully saturated rings. The Kier molecular flexibility index (Phi) is 5.40. The maximum Gasteiger partial charge on any atom is 0.227 e. The van der Waals surface area contributed by atoms with Crippen molar-refractivity contribution in [3.63, 3.8) is 0 Å². The average molecular weight is 241 g/mol. The quantitative estimate of drug-likeness (QED) is 0.791. The Morgan fingerprint density at radius 3 is 2.47 bits per heavy atom. The lowest BCUT2D eigenvalue weighted by molar-refractivity contribution is -0.136. The highest BCUT2D eigenvalue weighted by Crippen LogP contribution is 2.28. The average Bonchev–Trinajstić information content (AvgIpc) is 2.28. The fourth-order valence-electron chi connectivity index (χ4n) is 2.47. The van der Waals surface area contributed by atoms with E-state index in [1.165, 1.54) is 0 Å². The van der Waals surface area contributed by atoms with Gasteiger partial charge in [0, 0.05) is 26.2 Å². The standard InChI is InChI=1S/C13H27N3O/c1-10-6-5-7-11(12(10)14)13(17)16(4)9-8-15(2)3/h10-12H,5-9,14H2,1-4H3. The van der Waals surface area contributed by atoms with Crippen LogP contribution in [0, 0.1) is 11.8 Å². The van der Waals surface area contributed by atoms with E-state index in [1.807, 2.05) is 26.0 Å². The summed E-state index contributed by atoms with van der Waals surface area (Å²) in [5, 5.41) is 0. The molecule has 0 heterocycles. The molecule has 4 heteroatoms. The van der Waals surface area contributed by atoms with E-state index in [1.54, 1.807) is 0 Å². The minimum atomic E-state index is 0.0333. The van der Waals surface area contributed by atoms with E-state index in [9.17, 15) is 4.79 Å². The van der Waals surface area contributed by atoms with Gasteiger partial charge in [-0.3, -0.25) is 4.79 Å². The van der Waals surface area contributed by atoms with E-state index < -0.39 is 0 Å². The summed E-state index contributed by atoms with van der Waals surface area (Å²) in [6.45, 7) is 3.84. The molecule has 3 unspecified atom stereocenters. The highest BCUT2D eigenvalue weighted by molar-refractivity contribution is 5.79. The van der Waals surface area contributed by atoms with E-state index in [0.29, 0.717) is 5.92 Å². The van der Waals surface area contributed by atoms with Crippen LogP contribution in [0.3, 0.4) is 0 Å². The molecule has 1 aliphatic carbocycles. The molecule has 1 rings (SSSR count). The summed E-state index contributed by atoms with van der Waals surface area (Å²) in [5.41, 5.74) is 6.16. The first kappa shape index (κ1) is 14.5. The predicted molar refractivity (Wildman–Crippen MR) is 70.7 cm³/mol. The molecule has 0 aliphatic heterocycles. The zero-order valence-electron chi connectivity index (χ0n) is 11.6. The van der Waals surface area contributed by atoms with Crippen LogP contribution in [0.4, 0.5) is 0 Å². The molecule has 17 heavy (non-hydrogen) atoms. The molecule has 1 amide bonds. The van der Waals surface area contributed by atoms with Crippen LogP contribution < -0.4 is 5.73 Å². The summed E-state index contributed by atoms with van der Waals surface area (Å²) in [7, 11) is 5.93. The molecule has 0 aromatic rings. The van der Waals surface area contributed by atoms with Gasteiger partial charge >= 0.3 is 0 Å². The van der Waals surface area contributed by atoms with Crippen LogP contribution in [0.2, 0.25) is 0 Å². The van der Waals surface area contributed by atoms with E-state index in [0.717, 1.165) is 32.4 Å². The van der Waals surface area contributed by atoms with Crippen molar-refractivity contribution in [2.45, 2.75) is 32.2 Å². The number of likely N-dealkylation sites (N-methyl/N-ethyl adjacent to an activating group) is 2. The molecule has 3 atom stereocenters. The van der Waals surface area contributed by atoms with Crippen LogP contribution in [0.1, 0.15) is 26.2 Å². The Hall–Kier alpha value is -0.610. The van der Waals surface area contributed by atoms with Crippen LogP contribution >= 0.6 is 0 Å². The molecular weight excluding hydrogens is 214 g/mol. The van der Waals surface area contributed by atoms with Crippen LogP contribution in [0.15, 0.2) is 0 Å². The Labute approximate surface area is 105 Å². The SMILES string of the molecule is CC1CCCC(C(=O)N(C)CCN(C)C)C1N. The zero-order chi connectivity index (χ0) is 13.0. The van der Waals surface area contributed by atoms with Gasteiger partial charge in [0.15, 0.2) is 0 Å². The highest BCUT2D eigenvalue weighted by Gasteiger charge is 2.34. The molecule has 0 aromatic heterocycles. The van der Waals surface area contributed by atoms with Gasteiger partial charge in [0.1, 0.15) is 0 Å². The number of amides is 1. The monoisotopic (exact) mass is 241 g/mol. The van der Waals surface area contributed by atoms with E-state index in [-0.39, 0.29) is 17.9 Å². The van der Waals surface area contributed by atoms with Crippen LogP contribution in [-0.2, 0) is 4.79 Å². The number of nitrogens with two attached hydrogens (primary N) is 1. The molecule has 2 N–H and O–H groups in total. The Morgan fingerprint density at radius 2 is 1.88 bits per heavy atom. The molecule has 0 saturated heterocycles. The summed E-state index contributed by atoms with van der Waals surface area (Å²) in [4.78, 5) is 16.2. The van der Waals surface area contributed by atoms with Crippen molar-refractivity contribution in [3.05, 3.63) is 0 Å². The van der Waals surface area contributed by atoms with Crippen molar-refractivity contribution >= 4 is 5.91 Å². The van der Waals surface area contributed by atoms with Gasteiger partial charge < -0.3 is 15.5 Å². The highest BCUT2D eigenvalue weighted by atomic mass is 16.2. The van der Waals surface area contributed by atoms with Gasteiger partial charge in [0.05, 0.1) is 5.92 Å². The second-order valence-corrected chi connectivity index (χ2v) is 5.66. The van der Waals surface area contributed by atoms with Gasteiger partial charge in [-0.1, -0.05) is 13.3 Å². The van der Waals surface area contributed by atoms with Gasteiger partial charge in [-0.2, -0.15) is 0 Å². The maximum absolute atomic E-state index is 12.3. The third-order valence-corrected chi connectivity index (χ3v) is 3.87. The molecule has 0 spiro atoms. The number of hydrogen-bond donors (Lipinski definition) is 1. The summed E-state index contributed by atoms with van der Waals surface area (Å²) < 4.78 is 0. The van der Waals surface area contributed by atoms with Gasteiger partial charge in [0.2, 0.25) is 5.91 Å². The second kappa shape index (κ2) is 6.36. The minimum absolute atomic E-state index is 0.0333. The smallest absolute Gasteiger partial charge is 0.227 e. The first-order chi connectivity index (χ1) is 7.93. The Bertz CT molecular complexity index is 255. The van der Waals surface area contributed by atoms with Gasteiger partial charge in [-0.15, -0.1) is 0 Å². The van der Waals surface area contributed by atoms with Gasteiger partial charge in [-0.05, 0) is 32.9 Å². The van der Waals surface area contributed by atoms with Gasteiger partial charge in [-0.25, -0.2) is 0 Å². The van der Waals surface area contributed by atoms with E-state index >= 15 is 0 Å². The predicted octanol–water partition coefficient (Wildman–Crippen LogP) is 0.770. The summed E-state index contributed by atoms with van der Waals surface area (Å²) in [5.74, 6) is 0.733. The molecule has 4 nitrogen and oxygen atoms in total. The van der Waals surface area contributed by atoms with Crippen molar-refractivity contribution in [1.82, 2.24) is 9.80 Å². The summed E-state index contributed by atoms with van der Waals surface area (Å²) in [6, 6.07) is 0.0399. The summed E-state index contributed by atoms with van der Waals surface area (Å²) in [6.07, 6.45) is 3.25. The second-order valence-electron chi connectivity index (χ2n) is 5.66. The molecule has 100 valence electrons. The Morgan fingerprint density at radius 1 is 1.24 bits per heavy atom. The molecule has 0 bridgehead atoms. The third kappa shape index (κ3) is 3.96. The topological polar surface area (TPSA) is 49.6 Å². The van der Waals surface area contributed by atoms with Crippen molar-refractivity contribution in [3.8, 4) is 0 Å². The van der Waals surface area contributed by atoms with Crippen molar-refractivity contribution in [1.29, 1.82) is 0 Å². The van der Waals surface area contributed by atoms with E-state index in [2.05, 4.69) is 11.8 Å². The van der Waals surface area contributed by atoms with Crippen LogP contribution in [0.25, 0.3) is 0 Å². The van der Waals surface area contributed by atoms with Gasteiger partial charge in [0.25, 0.3) is 0 Å². The fourth-order valence-corrected chi connectivity index (χ4v) is 2.47. The number of carbonyl (C=O) groups is 1. The normalized spacial score (nSPS) is 29.4. The summed E-state index contributed by atoms with van der Waals surface area (Å²) >= 11 is 0. The molecule has 1 saturated carbocycles.